The van der Waals surface area contributed by atoms with Crippen LogP contribution in [0.4, 0.5) is 14.9 Å². The van der Waals surface area contributed by atoms with Crippen molar-refractivity contribution in [2.24, 2.45) is 0 Å². The molecule has 0 aliphatic carbocycles. The minimum Gasteiger partial charge on any atom is -0.496 e. The molecule has 178 valence electrons. The number of rotatable bonds is 6. The van der Waals surface area contributed by atoms with Crippen molar-refractivity contribution in [2.45, 2.75) is 19.8 Å². The molecule has 1 N–H and O–H groups in total. The monoisotopic (exact) mass is 492 g/mol. The number of ether oxygens (including phenoxy) is 1. The number of benzene rings is 3. The summed E-state index contributed by atoms with van der Waals surface area (Å²) in [6, 6.07) is 15.6. The predicted molar refractivity (Wildman–Crippen MR) is 132 cm³/mol. The van der Waals surface area contributed by atoms with E-state index in [1.165, 1.54) is 25.3 Å². The molecule has 3 aromatic carbocycles. The summed E-state index contributed by atoms with van der Waals surface area (Å²) in [5.74, 6) is -1.48. The number of hydrogen-bond acceptors (Lipinski definition) is 4. The van der Waals surface area contributed by atoms with Crippen molar-refractivity contribution in [1.82, 2.24) is 5.32 Å². The van der Waals surface area contributed by atoms with Crippen LogP contribution >= 0.6 is 11.6 Å². The van der Waals surface area contributed by atoms with Gasteiger partial charge in [0, 0.05) is 17.0 Å². The number of barbiturate groups is 1. The zero-order valence-corrected chi connectivity index (χ0v) is 19.9. The van der Waals surface area contributed by atoms with Gasteiger partial charge < -0.3 is 4.74 Å². The molecular formula is C27H22ClFN2O4. The minimum absolute atomic E-state index is 0.216. The first-order valence-electron chi connectivity index (χ1n) is 10.9. The van der Waals surface area contributed by atoms with Crippen LogP contribution < -0.4 is 15.0 Å². The zero-order chi connectivity index (χ0) is 25.1. The van der Waals surface area contributed by atoms with Gasteiger partial charge in [0.05, 0.1) is 12.8 Å². The second-order valence-corrected chi connectivity index (χ2v) is 8.34. The van der Waals surface area contributed by atoms with Gasteiger partial charge in [0.1, 0.15) is 17.1 Å². The topological polar surface area (TPSA) is 75.7 Å². The lowest BCUT2D eigenvalue weighted by molar-refractivity contribution is -0.122. The number of nitrogens with one attached hydrogen (secondary N) is 1. The molecule has 0 aromatic heterocycles. The number of amides is 4. The number of carbonyl (C=O) groups excluding carboxylic acids is 3. The summed E-state index contributed by atoms with van der Waals surface area (Å²) in [6.07, 6.45) is 2.29. The summed E-state index contributed by atoms with van der Waals surface area (Å²) in [5, 5.41) is 2.56. The number of carbonyl (C=O) groups is 3. The summed E-state index contributed by atoms with van der Waals surface area (Å²) in [6.45, 7) is 1.91. The van der Waals surface area contributed by atoms with Crippen LogP contribution in [-0.2, 0) is 22.4 Å². The van der Waals surface area contributed by atoms with Crippen molar-refractivity contribution in [3.8, 4) is 5.75 Å². The Morgan fingerprint density at radius 3 is 2.54 bits per heavy atom. The number of methoxy groups -OCH3 is 1. The maximum Gasteiger partial charge on any atom is 0.335 e. The van der Waals surface area contributed by atoms with Crippen LogP contribution in [0.2, 0.25) is 5.02 Å². The quantitative estimate of drug-likeness (QED) is 0.374. The highest BCUT2D eigenvalue weighted by atomic mass is 35.5. The molecular weight excluding hydrogens is 471 g/mol. The van der Waals surface area contributed by atoms with E-state index in [1.54, 1.807) is 36.4 Å². The number of anilines is 1. The van der Waals surface area contributed by atoms with Gasteiger partial charge in [-0.05, 0) is 59.5 Å². The van der Waals surface area contributed by atoms with Crippen LogP contribution in [0.15, 0.2) is 66.2 Å². The third kappa shape index (κ3) is 4.95. The Hall–Kier alpha value is -3.97. The van der Waals surface area contributed by atoms with Crippen LogP contribution in [0.1, 0.15) is 29.2 Å². The van der Waals surface area contributed by atoms with E-state index >= 15 is 0 Å². The van der Waals surface area contributed by atoms with Gasteiger partial charge in [0.25, 0.3) is 11.8 Å². The summed E-state index contributed by atoms with van der Waals surface area (Å²) >= 11 is 6.53. The average Bonchev–Trinajstić information content (AvgIpc) is 2.83. The molecule has 1 saturated heterocycles. The Morgan fingerprint density at radius 2 is 1.83 bits per heavy atom. The van der Waals surface area contributed by atoms with E-state index in [9.17, 15) is 18.8 Å². The Bertz CT molecular complexity index is 1370. The first-order chi connectivity index (χ1) is 16.8. The van der Waals surface area contributed by atoms with Crippen molar-refractivity contribution >= 4 is 41.2 Å². The number of nitrogens with zero attached hydrogens (tertiary/aromatic N) is 1. The van der Waals surface area contributed by atoms with E-state index < -0.39 is 17.8 Å². The second-order valence-electron chi connectivity index (χ2n) is 7.93. The van der Waals surface area contributed by atoms with Gasteiger partial charge in [-0.1, -0.05) is 48.9 Å². The van der Waals surface area contributed by atoms with Gasteiger partial charge >= 0.3 is 6.03 Å². The van der Waals surface area contributed by atoms with E-state index in [0.717, 1.165) is 10.5 Å². The SMILES string of the molecule is CCc1ccccc1N1C(=O)NC(=O)/C(=C/c2cc(Cl)c(Cc3cccc(F)c3)c(OC)c2)C1=O. The Morgan fingerprint density at radius 1 is 1.06 bits per heavy atom. The molecule has 1 aliphatic rings. The number of aryl methyl sites for hydroxylation is 1. The third-order valence-corrected chi connectivity index (χ3v) is 6.03. The van der Waals surface area contributed by atoms with Crippen molar-refractivity contribution in [3.05, 3.63) is 99.3 Å². The zero-order valence-electron chi connectivity index (χ0n) is 19.1. The van der Waals surface area contributed by atoms with Gasteiger partial charge in [-0.2, -0.15) is 0 Å². The molecule has 1 fully saturated rings. The van der Waals surface area contributed by atoms with Gasteiger partial charge in [-0.15, -0.1) is 0 Å². The minimum atomic E-state index is -0.806. The number of urea groups is 1. The van der Waals surface area contributed by atoms with E-state index in [4.69, 9.17) is 16.3 Å². The molecule has 3 aromatic rings. The first-order valence-corrected chi connectivity index (χ1v) is 11.3. The number of hydrogen-bond donors (Lipinski definition) is 1. The largest absolute Gasteiger partial charge is 0.496 e. The molecule has 35 heavy (non-hydrogen) atoms. The smallest absolute Gasteiger partial charge is 0.335 e. The third-order valence-electron chi connectivity index (χ3n) is 5.69. The van der Waals surface area contributed by atoms with Crippen LogP contribution in [0.5, 0.6) is 5.75 Å². The van der Waals surface area contributed by atoms with E-state index in [2.05, 4.69) is 5.32 Å². The molecule has 0 saturated carbocycles. The fraction of sp³-hybridized carbons (Fsp3) is 0.148. The van der Waals surface area contributed by atoms with Crippen molar-refractivity contribution < 1.29 is 23.5 Å². The van der Waals surface area contributed by atoms with Crippen LogP contribution in [0.3, 0.4) is 0 Å². The normalized spacial score (nSPS) is 14.9. The van der Waals surface area contributed by atoms with Gasteiger partial charge in [-0.3, -0.25) is 14.9 Å². The fourth-order valence-electron chi connectivity index (χ4n) is 3.99. The molecule has 0 radical (unpaired) electrons. The average molecular weight is 493 g/mol. The number of halogens is 2. The van der Waals surface area contributed by atoms with Crippen LogP contribution in [-0.4, -0.2) is 25.0 Å². The maximum atomic E-state index is 13.6. The lowest BCUT2D eigenvalue weighted by atomic mass is 10.00. The van der Waals surface area contributed by atoms with Gasteiger partial charge in [0.15, 0.2) is 0 Å². The molecule has 4 amide bonds. The summed E-state index contributed by atoms with van der Waals surface area (Å²) < 4.78 is 19.1. The molecule has 0 unspecified atom stereocenters. The molecule has 4 rings (SSSR count). The van der Waals surface area contributed by atoms with Crippen LogP contribution in [0.25, 0.3) is 6.08 Å². The number of para-hydroxylation sites is 1. The van der Waals surface area contributed by atoms with Crippen molar-refractivity contribution in [3.63, 3.8) is 0 Å². The molecule has 6 nitrogen and oxygen atoms in total. The summed E-state index contributed by atoms with van der Waals surface area (Å²) in [5.41, 5.74) is 2.77. The van der Waals surface area contributed by atoms with E-state index in [-0.39, 0.29) is 11.4 Å². The lowest BCUT2D eigenvalue weighted by Gasteiger charge is -2.28. The molecule has 8 heteroatoms. The van der Waals surface area contributed by atoms with Crippen LogP contribution in [0, 0.1) is 5.82 Å². The van der Waals surface area contributed by atoms with Gasteiger partial charge in [-0.25, -0.2) is 14.1 Å². The highest BCUT2D eigenvalue weighted by molar-refractivity contribution is 6.39. The summed E-state index contributed by atoms with van der Waals surface area (Å²) in [7, 11) is 1.47. The Kier molecular flexibility index (Phi) is 6.98. The highest BCUT2D eigenvalue weighted by Crippen LogP contribution is 2.33. The van der Waals surface area contributed by atoms with Crippen molar-refractivity contribution in [1.29, 1.82) is 0 Å². The highest BCUT2D eigenvalue weighted by Gasteiger charge is 2.37. The number of imide groups is 2. The van der Waals surface area contributed by atoms with Gasteiger partial charge in [0.2, 0.25) is 0 Å². The first kappa shape index (κ1) is 24.2. The molecule has 1 aliphatic heterocycles. The van der Waals surface area contributed by atoms with E-state index in [1.807, 2.05) is 19.1 Å². The standard InChI is InChI=1S/C27H22ClFN2O4/c1-3-18-8-4-5-10-23(18)31-26(33)21(25(32)30-27(31)34)13-17-14-22(28)20(24(15-17)35-2)12-16-7-6-9-19(29)11-16/h4-11,13-15H,3,12H2,1-2H3,(H,30,32,34)/b21-13-. The Balaban J connectivity index is 1.72. The molecule has 0 spiro atoms. The maximum absolute atomic E-state index is 13.6. The summed E-state index contributed by atoms with van der Waals surface area (Å²) in [4.78, 5) is 39.4. The Labute approximate surface area is 207 Å². The lowest BCUT2D eigenvalue weighted by Crippen LogP contribution is -2.54. The fourth-order valence-corrected chi connectivity index (χ4v) is 4.28. The molecule has 0 atom stereocenters. The second kappa shape index (κ2) is 10.1. The van der Waals surface area contributed by atoms with E-state index in [0.29, 0.717) is 46.0 Å². The molecule has 0 bridgehead atoms. The van der Waals surface area contributed by atoms with Crippen molar-refractivity contribution in [2.75, 3.05) is 12.0 Å². The predicted octanol–water partition coefficient (Wildman–Crippen LogP) is 5.31. The molecule has 1 heterocycles.